The third kappa shape index (κ3) is 2.44. The summed E-state index contributed by atoms with van der Waals surface area (Å²) in [7, 11) is -3.74. The molecule has 1 aliphatic heterocycles. The number of benzene rings is 2. The Hall–Kier alpha value is -2.08. The zero-order valence-corrected chi connectivity index (χ0v) is 17.4. The fraction of sp³-hybridized carbons (Fsp3) is 0.522. The van der Waals surface area contributed by atoms with Crippen molar-refractivity contribution in [3.05, 3.63) is 36.4 Å². The molecule has 2 aromatic carbocycles. The van der Waals surface area contributed by atoms with Crippen molar-refractivity contribution in [3.8, 4) is 0 Å². The molecule has 29 heavy (non-hydrogen) atoms. The third-order valence-electron chi connectivity index (χ3n) is 7.78. The first-order valence-electron chi connectivity index (χ1n) is 10.7. The molecule has 6 heteroatoms. The van der Waals surface area contributed by atoms with Crippen LogP contribution in [0, 0.1) is 17.8 Å². The summed E-state index contributed by atoms with van der Waals surface area (Å²) in [4.78, 5) is 13.7. The fourth-order valence-corrected chi connectivity index (χ4v) is 8.94. The van der Waals surface area contributed by atoms with E-state index in [0.29, 0.717) is 10.6 Å². The molecular formula is C23H26N2O3S. The van der Waals surface area contributed by atoms with Crippen molar-refractivity contribution in [2.24, 2.45) is 17.8 Å². The Kier molecular flexibility index (Phi) is 3.52. The van der Waals surface area contributed by atoms with Gasteiger partial charge in [-0.3, -0.25) is 9.10 Å². The second-order valence-corrected chi connectivity index (χ2v) is 11.6. The van der Waals surface area contributed by atoms with Crippen LogP contribution in [0.1, 0.15) is 45.4 Å². The molecule has 1 N–H and O–H groups in total. The summed E-state index contributed by atoms with van der Waals surface area (Å²) in [6.45, 7) is 1.72. The number of amides is 1. The molecule has 4 aliphatic carbocycles. The van der Waals surface area contributed by atoms with E-state index >= 15 is 0 Å². The van der Waals surface area contributed by atoms with Gasteiger partial charge in [-0.25, -0.2) is 8.42 Å². The first-order chi connectivity index (χ1) is 13.9. The van der Waals surface area contributed by atoms with Crippen molar-refractivity contribution < 1.29 is 13.2 Å². The normalized spacial score (nSPS) is 34.5. The number of anilines is 1. The average molecular weight is 411 g/mol. The van der Waals surface area contributed by atoms with Gasteiger partial charge in [-0.15, -0.1) is 0 Å². The summed E-state index contributed by atoms with van der Waals surface area (Å²) < 4.78 is 28.0. The van der Waals surface area contributed by atoms with Gasteiger partial charge in [0.2, 0.25) is 5.91 Å². The SMILES string of the molecule is C[C@@H](C(=O)NC12CC3CC(CC(C3)C1)C2)N1c2cccc3cccc(c23)S1(=O)=O. The molecule has 152 valence electrons. The first-order valence-corrected chi connectivity index (χ1v) is 12.2. The van der Waals surface area contributed by atoms with Crippen LogP contribution in [0.4, 0.5) is 5.69 Å². The number of hydrogen-bond donors (Lipinski definition) is 1. The zero-order chi connectivity index (χ0) is 20.0. The Balaban J connectivity index is 1.33. The maximum absolute atomic E-state index is 13.4. The minimum atomic E-state index is -3.74. The minimum Gasteiger partial charge on any atom is -0.349 e. The predicted octanol–water partition coefficient (Wildman–Crippen LogP) is 3.82. The van der Waals surface area contributed by atoms with Crippen LogP contribution in [0.5, 0.6) is 0 Å². The Bertz CT molecular complexity index is 1100. The van der Waals surface area contributed by atoms with Gasteiger partial charge in [-0.05, 0) is 80.7 Å². The van der Waals surface area contributed by atoms with Gasteiger partial charge in [0, 0.05) is 10.9 Å². The molecule has 0 unspecified atom stereocenters. The van der Waals surface area contributed by atoms with Crippen LogP contribution in [0.2, 0.25) is 0 Å². The fourth-order valence-electron chi connectivity index (χ4n) is 7.07. The maximum atomic E-state index is 13.4. The Morgan fingerprint density at radius 1 is 1.03 bits per heavy atom. The molecule has 4 saturated carbocycles. The number of sulfonamides is 1. The molecule has 0 saturated heterocycles. The van der Waals surface area contributed by atoms with Gasteiger partial charge < -0.3 is 5.32 Å². The Morgan fingerprint density at radius 2 is 1.62 bits per heavy atom. The highest BCUT2D eigenvalue weighted by Gasteiger charge is 2.52. The molecule has 1 amide bonds. The third-order valence-corrected chi connectivity index (χ3v) is 9.70. The summed E-state index contributed by atoms with van der Waals surface area (Å²) >= 11 is 0. The van der Waals surface area contributed by atoms with Gasteiger partial charge in [0.05, 0.1) is 10.6 Å². The first kappa shape index (κ1) is 17.8. The van der Waals surface area contributed by atoms with Crippen LogP contribution in [-0.4, -0.2) is 25.9 Å². The van der Waals surface area contributed by atoms with E-state index in [9.17, 15) is 13.2 Å². The van der Waals surface area contributed by atoms with E-state index in [1.165, 1.54) is 23.6 Å². The van der Waals surface area contributed by atoms with Crippen LogP contribution in [0.25, 0.3) is 10.8 Å². The van der Waals surface area contributed by atoms with E-state index in [1.807, 2.05) is 24.3 Å². The minimum absolute atomic E-state index is 0.123. The van der Waals surface area contributed by atoms with Crippen molar-refractivity contribution in [3.63, 3.8) is 0 Å². The summed E-state index contributed by atoms with van der Waals surface area (Å²) in [5, 5.41) is 4.97. The van der Waals surface area contributed by atoms with Crippen molar-refractivity contribution in [1.29, 1.82) is 0 Å². The molecule has 1 atom stereocenters. The van der Waals surface area contributed by atoms with Gasteiger partial charge in [-0.2, -0.15) is 0 Å². The molecule has 4 bridgehead atoms. The lowest BCUT2D eigenvalue weighted by Gasteiger charge is -2.57. The molecule has 5 aliphatic rings. The molecule has 0 spiro atoms. The zero-order valence-electron chi connectivity index (χ0n) is 16.6. The van der Waals surface area contributed by atoms with Crippen LogP contribution in [0.15, 0.2) is 41.3 Å². The summed E-state index contributed by atoms with van der Waals surface area (Å²) in [6.07, 6.45) is 7.09. The van der Waals surface area contributed by atoms with E-state index in [4.69, 9.17) is 0 Å². The van der Waals surface area contributed by atoms with Gasteiger partial charge in [0.1, 0.15) is 6.04 Å². The summed E-state index contributed by atoms with van der Waals surface area (Å²) in [5.74, 6) is 2.02. The van der Waals surface area contributed by atoms with Crippen LogP contribution >= 0.6 is 0 Å². The molecule has 1 heterocycles. The second kappa shape index (κ2) is 5.75. The number of nitrogens with zero attached hydrogens (tertiary/aromatic N) is 1. The molecule has 5 nitrogen and oxygen atoms in total. The van der Waals surface area contributed by atoms with Crippen LogP contribution in [0.3, 0.4) is 0 Å². The smallest absolute Gasteiger partial charge is 0.265 e. The highest BCUT2D eigenvalue weighted by Crippen LogP contribution is 2.55. The standard InChI is InChI=1S/C23H26N2O3S/c1-14(22(26)24-23-11-15-8-16(12-23)10-17(9-15)13-23)25-19-6-2-4-18-5-3-7-20(21(18)19)29(25,27)28/h2-7,14-17H,8-13H2,1H3,(H,24,26)/t14-,15?,16?,17?,23?/m0/s1. The highest BCUT2D eigenvalue weighted by atomic mass is 32.2. The summed E-state index contributed by atoms with van der Waals surface area (Å²) in [6, 6.07) is 10.1. The molecule has 2 aromatic rings. The predicted molar refractivity (Wildman–Crippen MR) is 112 cm³/mol. The molecule has 4 fully saturated rings. The van der Waals surface area contributed by atoms with Crippen molar-refractivity contribution in [2.75, 3.05) is 4.31 Å². The lowest BCUT2D eigenvalue weighted by atomic mass is 9.53. The van der Waals surface area contributed by atoms with Gasteiger partial charge >= 0.3 is 0 Å². The van der Waals surface area contributed by atoms with E-state index in [-0.39, 0.29) is 11.4 Å². The lowest BCUT2D eigenvalue weighted by molar-refractivity contribution is -0.127. The molecule has 0 aromatic heterocycles. The number of nitrogens with one attached hydrogen (secondary N) is 1. The summed E-state index contributed by atoms with van der Waals surface area (Å²) in [5.41, 5.74) is 0.494. The maximum Gasteiger partial charge on any atom is 0.265 e. The van der Waals surface area contributed by atoms with Crippen molar-refractivity contribution in [2.45, 2.75) is 61.9 Å². The van der Waals surface area contributed by atoms with Gasteiger partial charge in [0.15, 0.2) is 0 Å². The van der Waals surface area contributed by atoms with E-state index in [0.717, 1.165) is 47.8 Å². The lowest BCUT2D eigenvalue weighted by Crippen LogP contribution is -2.62. The van der Waals surface area contributed by atoms with E-state index in [2.05, 4.69) is 5.32 Å². The quantitative estimate of drug-likeness (QED) is 0.836. The molecule has 7 rings (SSSR count). The average Bonchev–Trinajstić information content (AvgIpc) is 2.88. The monoisotopic (exact) mass is 410 g/mol. The highest BCUT2D eigenvalue weighted by molar-refractivity contribution is 7.93. The Labute approximate surface area is 171 Å². The van der Waals surface area contributed by atoms with E-state index in [1.54, 1.807) is 19.1 Å². The topological polar surface area (TPSA) is 66.5 Å². The molecule has 0 radical (unpaired) electrons. The van der Waals surface area contributed by atoms with E-state index < -0.39 is 16.1 Å². The Morgan fingerprint density at radius 3 is 2.24 bits per heavy atom. The number of carbonyl (C=O) groups is 1. The molecular weight excluding hydrogens is 384 g/mol. The van der Waals surface area contributed by atoms with Crippen LogP contribution in [-0.2, 0) is 14.8 Å². The van der Waals surface area contributed by atoms with Gasteiger partial charge in [-0.1, -0.05) is 24.3 Å². The number of carbonyl (C=O) groups excluding carboxylic acids is 1. The van der Waals surface area contributed by atoms with Crippen molar-refractivity contribution in [1.82, 2.24) is 5.32 Å². The number of rotatable bonds is 3. The second-order valence-electron chi connectivity index (χ2n) is 9.80. The van der Waals surface area contributed by atoms with Gasteiger partial charge in [0.25, 0.3) is 10.0 Å². The largest absolute Gasteiger partial charge is 0.349 e. The van der Waals surface area contributed by atoms with Crippen molar-refractivity contribution >= 4 is 32.4 Å². The van der Waals surface area contributed by atoms with Crippen LogP contribution < -0.4 is 9.62 Å². The number of hydrogen-bond acceptors (Lipinski definition) is 3.